The van der Waals surface area contributed by atoms with E-state index in [1.165, 1.54) is 0 Å². The zero-order chi connectivity index (χ0) is 33.8. The van der Waals surface area contributed by atoms with Gasteiger partial charge in [0.15, 0.2) is 11.6 Å². The Morgan fingerprint density at radius 3 is 2.40 bits per heavy atom. The maximum absolute atomic E-state index is 14.6. The van der Waals surface area contributed by atoms with Gasteiger partial charge in [0.05, 0.1) is 20.8 Å². The first-order chi connectivity index (χ1) is 23.5. The first-order valence-electron chi connectivity index (χ1n) is 15.5. The number of rotatable bonds is 15. The van der Waals surface area contributed by atoms with Crippen molar-refractivity contribution < 1.29 is 28.8 Å². The highest BCUT2D eigenvalue weighted by molar-refractivity contribution is 6.01. The molecule has 5 rings (SSSR count). The van der Waals surface area contributed by atoms with Gasteiger partial charge in [-0.05, 0) is 53.1 Å². The molecule has 1 heterocycles. The summed E-state index contributed by atoms with van der Waals surface area (Å²) in [7, 11) is 3.13. The molecule has 1 aliphatic heterocycles. The van der Waals surface area contributed by atoms with Gasteiger partial charge < -0.3 is 29.4 Å². The Hall–Kier alpha value is -5.77. The molecule has 11 nitrogen and oxygen atoms in total. The van der Waals surface area contributed by atoms with Gasteiger partial charge in [0.1, 0.15) is 17.2 Å². The average molecular weight is 648 g/mol. The predicted molar refractivity (Wildman–Crippen MR) is 183 cm³/mol. The number of carbonyl (C=O) groups is 1. The summed E-state index contributed by atoms with van der Waals surface area (Å²) in [5.74, 6) is 1.67. The van der Waals surface area contributed by atoms with Crippen molar-refractivity contribution >= 4 is 23.6 Å². The van der Waals surface area contributed by atoms with Crippen molar-refractivity contribution in [3.8, 4) is 17.2 Å². The summed E-state index contributed by atoms with van der Waals surface area (Å²) in [5, 5.41) is 16.1. The molecule has 1 amide bonds. The molecule has 11 heteroatoms. The number of carbonyl (C=O) groups excluding carboxylic acids is 1. The Kier molecular flexibility index (Phi) is 11.3. The molecule has 0 fully saturated rings. The summed E-state index contributed by atoms with van der Waals surface area (Å²) < 4.78 is 23.1. The van der Waals surface area contributed by atoms with Gasteiger partial charge in [-0.1, -0.05) is 71.9 Å². The molecule has 2 N–H and O–H groups in total. The molecule has 0 saturated heterocycles. The van der Waals surface area contributed by atoms with E-state index in [0.29, 0.717) is 47.1 Å². The highest BCUT2D eigenvalue weighted by Gasteiger charge is 2.53. The molecule has 4 aromatic carbocycles. The first kappa shape index (κ1) is 33.6. The van der Waals surface area contributed by atoms with Gasteiger partial charge in [0.2, 0.25) is 5.90 Å². The Morgan fingerprint density at radius 2 is 1.71 bits per heavy atom. The van der Waals surface area contributed by atoms with E-state index in [2.05, 4.69) is 15.3 Å². The second-order valence-electron chi connectivity index (χ2n) is 11.0. The zero-order valence-corrected chi connectivity index (χ0v) is 26.8. The van der Waals surface area contributed by atoms with Gasteiger partial charge in [-0.25, -0.2) is 4.99 Å². The molecule has 246 valence electrons. The van der Waals surface area contributed by atoms with Crippen LogP contribution in [-0.4, -0.2) is 49.9 Å². The average Bonchev–Trinajstić information content (AvgIpc) is 3.52. The van der Waals surface area contributed by atoms with E-state index in [9.17, 15) is 10.3 Å². The predicted octanol–water partition coefficient (Wildman–Crippen LogP) is 7.08. The van der Waals surface area contributed by atoms with Crippen LogP contribution in [0.3, 0.4) is 0 Å². The van der Waals surface area contributed by atoms with Crippen LogP contribution in [0.2, 0.25) is 0 Å². The number of amides is 1. The summed E-state index contributed by atoms with van der Waals surface area (Å²) in [6.45, 7) is 0.573. The SMILES string of the molecule is COc1cc(CNC(=O)[C@]2(C/C=C/c3ccccc3)N=C(c3ccc(OCCCO)cc3)O[C@@H]2c2ccccc2N=[N+]=[N-])cc(OC)c1. The number of nitrogens with one attached hydrogen (secondary N) is 1. The van der Waals surface area contributed by atoms with Crippen LogP contribution in [0, 0.1) is 0 Å². The standard InChI is InChI=1S/C37H37N5O6/c1-45-30-22-27(23-31(24-30)46-2)25-39-36(44)37(19-8-12-26-10-4-3-5-11-26)34(32-13-6-7-14-33(32)41-42-38)48-35(40-37)28-15-17-29(18-16-28)47-21-9-20-43/h3-8,10-18,22-24,34,43H,9,19-21,25H2,1-2H3,(H,39,44)/b12-8+/t34-,37-/m1/s1. The maximum Gasteiger partial charge on any atom is 0.252 e. The number of ether oxygens (including phenoxy) is 4. The fourth-order valence-corrected chi connectivity index (χ4v) is 5.38. The highest BCUT2D eigenvalue weighted by atomic mass is 16.5. The van der Waals surface area contributed by atoms with Crippen LogP contribution in [-0.2, 0) is 16.1 Å². The topological polar surface area (TPSA) is 147 Å². The van der Waals surface area contributed by atoms with E-state index in [4.69, 9.17) is 29.0 Å². The van der Waals surface area contributed by atoms with Crippen LogP contribution in [0.25, 0.3) is 16.5 Å². The van der Waals surface area contributed by atoms with E-state index < -0.39 is 11.6 Å². The van der Waals surface area contributed by atoms with Crippen LogP contribution in [0.4, 0.5) is 5.69 Å². The monoisotopic (exact) mass is 647 g/mol. The quantitative estimate of drug-likeness (QED) is 0.0610. The highest BCUT2D eigenvalue weighted by Crippen LogP contribution is 2.46. The normalized spacial score (nSPS) is 16.8. The summed E-state index contributed by atoms with van der Waals surface area (Å²) >= 11 is 0. The second-order valence-corrected chi connectivity index (χ2v) is 11.0. The van der Waals surface area contributed by atoms with Gasteiger partial charge >= 0.3 is 0 Å². The molecule has 0 aromatic heterocycles. The van der Waals surface area contributed by atoms with Gasteiger partial charge in [0.25, 0.3) is 5.91 Å². The van der Waals surface area contributed by atoms with E-state index >= 15 is 0 Å². The number of methoxy groups -OCH3 is 2. The second kappa shape index (κ2) is 16.2. The molecule has 1 aliphatic rings. The molecule has 0 radical (unpaired) electrons. The minimum atomic E-state index is -1.50. The number of azide groups is 1. The van der Waals surface area contributed by atoms with Crippen molar-refractivity contribution in [3.63, 3.8) is 0 Å². The number of aliphatic hydroxyl groups excluding tert-OH is 1. The first-order valence-corrected chi connectivity index (χ1v) is 15.5. The summed E-state index contributed by atoms with van der Waals surface area (Å²) in [6.07, 6.45) is 3.57. The van der Waals surface area contributed by atoms with Crippen LogP contribution in [0.1, 0.15) is 41.2 Å². The summed E-state index contributed by atoms with van der Waals surface area (Å²) in [6, 6.07) is 29.4. The Bertz CT molecular complexity index is 1780. The number of aliphatic hydroxyl groups is 1. The van der Waals surface area contributed by atoms with Crippen molar-refractivity contribution in [2.45, 2.75) is 31.0 Å². The lowest BCUT2D eigenvalue weighted by atomic mass is 9.83. The van der Waals surface area contributed by atoms with E-state index in [1.54, 1.807) is 68.8 Å². The number of hydrogen-bond acceptors (Lipinski definition) is 8. The molecule has 0 aliphatic carbocycles. The maximum atomic E-state index is 14.6. The molecular formula is C37H37N5O6. The zero-order valence-electron chi connectivity index (χ0n) is 26.8. The smallest absolute Gasteiger partial charge is 0.252 e. The lowest BCUT2D eigenvalue weighted by Gasteiger charge is -2.30. The summed E-state index contributed by atoms with van der Waals surface area (Å²) in [4.78, 5) is 22.6. The van der Waals surface area contributed by atoms with Crippen molar-refractivity contribution in [1.29, 1.82) is 0 Å². The summed E-state index contributed by atoms with van der Waals surface area (Å²) in [5.41, 5.74) is 11.1. The van der Waals surface area contributed by atoms with Crippen LogP contribution in [0.15, 0.2) is 113 Å². The van der Waals surface area contributed by atoms with Gasteiger partial charge in [-0.3, -0.25) is 4.79 Å². The van der Waals surface area contributed by atoms with Gasteiger partial charge in [-0.15, -0.1) is 0 Å². The third-order valence-corrected chi connectivity index (χ3v) is 7.80. The van der Waals surface area contributed by atoms with Crippen molar-refractivity contribution in [3.05, 3.63) is 136 Å². The van der Waals surface area contributed by atoms with Crippen LogP contribution >= 0.6 is 0 Å². The third-order valence-electron chi connectivity index (χ3n) is 7.80. The number of nitrogens with zero attached hydrogens (tertiary/aromatic N) is 4. The molecule has 0 unspecified atom stereocenters. The largest absolute Gasteiger partial charge is 0.497 e. The third kappa shape index (κ3) is 7.95. The minimum absolute atomic E-state index is 0.0374. The Balaban J connectivity index is 1.58. The lowest BCUT2D eigenvalue weighted by molar-refractivity contribution is -0.129. The van der Waals surface area contributed by atoms with Gasteiger partial charge in [-0.2, -0.15) is 0 Å². The molecular weight excluding hydrogens is 610 g/mol. The van der Waals surface area contributed by atoms with Crippen molar-refractivity contribution in [2.24, 2.45) is 10.1 Å². The van der Waals surface area contributed by atoms with E-state index in [1.807, 2.05) is 54.6 Å². The lowest BCUT2D eigenvalue weighted by Crippen LogP contribution is -2.47. The number of hydrogen-bond donors (Lipinski definition) is 2. The molecule has 48 heavy (non-hydrogen) atoms. The Morgan fingerprint density at radius 1 is 1.00 bits per heavy atom. The molecule has 4 aromatic rings. The van der Waals surface area contributed by atoms with Crippen molar-refractivity contribution in [2.75, 3.05) is 27.4 Å². The Labute approximate surface area is 279 Å². The molecule has 0 spiro atoms. The molecule has 0 bridgehead atoms. The number of benzene rings is 4. The number of aliphatic imine (C=N–C) groups is 1. The van der Waals surface area contributed by atoms with E-state index in [0.717, 1.165) is 11.1 Å². The minimum Gasteiger partial charge on any atom is -0.497 e. The fourth-order valence-electron chi connectivity index (χ4n) is 5.38. The fraction of sp³-hybridized carbons (Fsp3) is 0.243. The van der Waals surface area contributed by atoms with E-state index in [-0.39, 0.29) is 31.4 Å². The van der Waals surface area contributed by atoms with Crippen molar-refractivity contribution in [1.82, 2.24) is 5.32 Å². The van der Waals surface area contributed by atoms with Crippen LogP contribution < -0.4 is 19.5 Å². The van der Waals surface area contributed by atoms with Gasteiger partial charge in [0, 0.05) is 53.8 Å². The molecule has 0 saturated carbocycles. The molecule has 2 atom stereocenters. The van der Waals surface area contributed by atoms with Crippen LogP contribution in [0.5, 0.6) is 17.2 Å².